The number of hydrogen-bond donors (Lipinski definition) is 0. The van der Waals surface area contributed by atoms with Gasteiger partial charge in [0.25, 0.3) is 5.56 Å². The van der Waals surface area contributed by atoms with Gasteiger partial charge in [-0.25, -0.2) is 9.78 Å². The maximum absolute atomic E-state index is 13.6. The first-order valence-corrected chi connectivity index (χ1v) is 13.1. The summed E-state index contributed by atoms with van der Waals surface area (Å²) in [5.41, 5.74) is 1.16. The second kappa shape index (κ2) is 8.53. The zero-order chi connectivity index (χ0) is 22.5. The van der Waals surface area contributed by atoms with Crippen molar-refractivity contribution in [3.8, 4) is 0 Å². The summed E-state index contributed by atoms with van der Waals surface area (Å²) in [6.45, 7) is 1.99. The van der Waals surface area contributed by atoms with Crippen molar-refractivity contribution in [2.24, 2.45) is 11.8 Å². The van der Waals surface area contributed by atoms with E-state index in [1.54, 1.807) is 6.92 Å². The fourth-order valence-corrected chi connectivity index (χ4v) is 7.86. The molecule has 0 radical (unpaired) electrons. The van der Waals surface area contributed by atoms with Crippen LogP contribution in [-0.4, -0.2) is 45.2 Å². The van der Waals surface area contributed by atoms with Crippen LogP contribution in [0.5, 0.6) is 0 Å². The number of ether oxygens (including phenoxy) is 1. The molecule has 1 aromatic heterocycles. The van der Waals surface area contributed by atoms with Gasteiger partial charge < -0.3 is 9.30 Å². The Morgan fingerprint density at radius 1 is 0.970 bits per heavy atom. The quantitative estimate of drug-likeness (QED) is 0.633. The molecule has 2 aromatic rings. The lowest BCUT2D eigenvalue weighted by Gasteiger charge is -2.53. The highest BCUT2D eigenvalue weighted by Gasteiger charge is 2.50. The van der Waals surface area contributed by atoms with Crippen molar-refractivity contribution in [2.45, 2.75) is 95.3 Å². The third-order valence-corrected chi connectivity index (χ3v) is 9.00. The number of aromatic nitrogens is 2. The molecule has 1 unspecified atom stereocenters. The molecule has 33 heavy (non-hydrogen) atoms. The highest BCUT2D eigenvalue weighted by Crippen LogP contribution is 2.50. The van der Waals surface area contributed by atoms with Crippen LogP contribution in [0.2, 0.25) is 0 Å². The van der Waals surface area contributed by atoms with Crippen molar-refractivity contribution in [1.29, 1.82) is 0 Å². The van der Waals surface area contributed by atoms with Crippen molar-refractivity contribution < 1.29 is 9.53 Å². The van der Waals surface area contributed by atoms with E-state index in [-0.39, 0.29) is 23.9 Å². The molecule has 2 aliphatic carbocycles. The van der Waals surface area contributed by atoms with Gasteiger partial charge in [0.05, 0.1) is 17.6 Å². The molecule has 3 atom stereocenters. The van der Waals surface area contributed by atoms with Gasteiger partial charge in [0, 0.05) is 24.2 Å². The molecule has 2 saturated carbocycles. The van der Waals surface area contributed by atoms with Gasteiger partial charge in [-0.05, 0) is 82.3 Å². The van der Waals surface area contributed by atoms with E-state index in [1.165, 1.54) is 51.4 Å². The standard InChI is InChI=1S/C27H35N3O3/c1-2-33-27(32)24-26(31)30(23-12-4-3-11-22(23)28-24)21-15-19-13-14-20(16-21)29(19)25-17-7-5-8-18(25)10-6-9-17/h3-4,11-12,17-21,25H,2,5-10,13-16H2,1H3/t17?,18?,19-,20+,21?,25?. The van der Waals surface area contributed by atoms with E-state index in [2.05, 4.69) is 9.88 Å². The Morgan fingerprint density at radius 2 is 1.61 bits per heavy atom. The highest BCUT2D eigenvalue weighted by atomic mass is 16.5. The summed E-state index contributed by atoms with van der Waals surface area (Å²) < 4.78 is 7.06. The lowest BCUT2D eigenvalue weighted by Crippen LogP contribution is -2.57. The molecule has 6 rings (SSSR count). The van der Waals surface area contributed by atoms with Crippen LogP contribution in [0.3, 0.4) is 0 Å². The molecule has 0 spiro atoms. The van der Waals surface area contributed by atoms with Gasteiger partial charge in [0.1, 0.15) is 0 Å². The summed E-state index contributed by atoms with van der Waals surface area (Å²) in [6.07, 6.45) is 12.9. The number of benzene rings is 1. The number of fused-ring (bicyclic) bond motifs is 6. The Morgan fingerprint density at radius 3 is 2.24 bits per heavy atom. The summed E-state index contributed by atoms with van der Waals surface area (Å²) in [4.78, 5) is 33.4. The van der Waals surface area contributed by atoms with E-state index >= 15 is 0 Å². The Kier molecular flexibility index (Phi) is 5.52. The average Bonchev–Trinajstić information content (AvgIpc) is 3.07. The SMILES string of the molecule is CCOC(=O)c1nc2ccccc2n(C2C[C@H]3CC[C@@H](C2)N3C2C3CCCC2CCC3)c1=O. The number of carbonyl (C=O) groups excluding carboxylic acids is 1. The zero-order valence-electron chi connectivity index (χ0n) is 19.6. The molecule has 176 valence electrons. The molecular formula is C27H35N3O3. The second-order valence-corrected chi connectivity index (χ2v) is 10.7. The topological polar surface area (TPSA) is 64.4 Å². The van der Waals surface area contributed by atoms with Crippen molar-refractivity contribution in [1.82, 2.24) is 14.5 Å². The lowest BCUT2D eigenvalue weighted by molar-refractivity contribution is -0.0347. The molecule has 2 aliphatic heterocycles. The summed E-state index contributed by atoms with van der Waals surface area (Å²) in [6, 6.07) is 9.68. The van der Waals surface area contributed by atoms with E-state index in [4.69, 9.17) is 4.74 Å². The van der Waals surface area contributed by atoms with Crippen LogP contribution in [0.1, 0.15) is 87.7 Å². The summed E-state index contributed by atoms with van der Waals surface area (Å²) >= 11 is 0. The first-order valence-electron chi connectivity index (χ1n) is 13.1. The summed E-state index contributed by atoms with van der Waals surface area (Å²) in [7, 11) is 0. The molecule has 2 saturated heterocycles. The molecule has 4 aliphatic rings. The number of para-hydroxylation sites is 2. The average molecular weight is 450 g/mol. The van der Waals surface area contributed by atoms with Gasteiger partial charge in [-0.3, -0.25) is 9.69 Å². The van der Waals surface area contributed by atoms with Gasteiger partial charge in [-0.1, -0.05) is 25.0 Å². The minimum absolute atomic E-state index is 0.0767. The van der Waals surface area contributed by atoms with Crippen molar-refractivity contribution >= 4 is 17.0 Å². The van der Waals surface area contributed by atoms with Gasteiger partial charge in [0.2, 0.25) is 5.69 Å². The van der Waals surface area contributed by atoms with E-state index < -0.39 is 5.97 Å². The van der Waals surface area contributed by atoms with Crippen LogP contribution in [0, 0.1) is 11.8 Å². The number of rotatable bonds is 4. The Bertz CT molecular complexity index is 1080. The van der Waals surface area contributed by atoms with Gasteiger partial charge in [0.15, 0.2) is 0 Å². The van der Waals surface area contributed by atoms with Crippen LogP contribution >= 0.6 is 0 Å². The molecular weight excluding hydrogens is 414 g/mol. The smallest absolute Gasteiger partial charge is 0.362 e. The number of esters is 1. The molecule has 6 nitrogen and oxygen atoms in total. The normalized spacial score (nSPS) is 33.8. The van der Waals surface area contributed by atoms with Crippen LogP contribution < -0.4 is 5.56 Å². The highest BCUT2D eigenvalue weighted by molar-refractivity contribution is 5.89. The summed E-state index contributed by atoms with van der Waals surface area (Å²) in [5, 5.41) is 0. The Labute approximate surface area is 195 Å². The maximum Gasteiger partial charge on any atom is 0.362 e. The number of carbonyl (C=O) groups is 1. The number of hydrogen-bond acceptors (Lipinski definition) is 5. The van der Waals surface area contributed by atoms with E-state index in [0.717, 1.165) is 36.2 Å². The predicted octanol–water partition coefficient (Wildman–Crippen LogP) is 4.71. The molecule has 0 N–H and O–H groups in total. The van der Waals surface area contributed by atoms with Gasteiger partial charge >= 0.3 is 5.97 Å². The molecule has 6 heteroatoms. The molecule has 3 heterocycles. The van der Waals surface area contributed by atoms with E-state index in [1.807, 2.05) is 28.8 Å². The van der Waals surface area contributed by atoms with E-state index in [0.29, 0.717) is 17.6 Å². The van der Waals surface area contributed by atoms with E-state index in [9.17, 15) is 9.59 Å². The molecule has 4 bridgehead atoms. The largest absolute Gasteiger partial charge is 0.461 e. The van der Waals surface area contributed by atoms with Crippen LogP contribution in [-0.2, 0) is 4.74 Å². The third-order valence-electron chi connectivity index (χ3n) is 9.00. The number of nitrogens with zero attached hydrogens (tertiary/aromatic N) is 3. The van der Waals surface area contributed by atoms with Crippen molar-refractivity contribution in [2.75, 3.05) is 6.61 Å². The first-order chi connectivity index (χ1) is 16.2. The van der Waals surface area contributed by atoms with Gasteiger partial charge in [-0.2, -0.15) is 0 Å². The van der Waals surface area contributed by atoms with Gasteiger partial charge in [-0.15, -0.1) is 0 Å². The van der Waals surface area contributed by atoms with Crippen molar-refractivity contribution in [3.05, 3.63) is 40.3 Å². The number of piperidine rings is 1. The fourth-order valence-electron chi connectivity index (χ4n) is 7.86. The zero-order valence-corrected chi connectivity index (χ0v) is 19.6. The minimum atomic E-state index is -0.613. The van der Waals surface area contributed by atoms with Crippen molar-refractivity contribution in [3.63, 3.8) is 0 Å². The molecule has 1 aromatic carbocycles. The van der Waals surface area contributed by atoms with Crippen LogP contribution in [0.25, 0.3) is 11.0 Å². The first kappa shape index (κ1) is 21.3. The predicted molar refractivity (Wildman–Crippen MR) is 127 cm³/mol. The summed E-state index contributed by atoms with van der Waals surface area (Å²) in [5.74, 6) is 1.13. The fraction of sp³-hybridized carbons (Fsp3) is 0.667. The maximum atomic E-state index is 13.6. The molecule has 0 amide bonds. The second-order valence-electron chi connectivity index (χ2n) is 10.7. The third kappa shape index (κ3) is 3.52. The van der Waals surface area contributed by atoms with Crippen LogP contribution in [0.4, 0.5) is 0 Å². The molecule has 4 fully saturated rings. The Balaban J connectivity index is 1.36. The van der Waals surface area contributed by atoms with Crippen LogP contribution in [0.15, 0.2) is 29.1 Å². The lowest BCUT2D eigenvalue weighted by atomic mass is 9.67. The Hall–Kier alpha value is -2.21. The monoisotopic (exact) mass is 449 g/mol. The minimum Gasteiger partial charge on any atom is -0.461 e.